The van der Waals surface area contributed by atoms with Gasteiger partial charge in [0.2, 0.25) is 0 Å². The average Bonchev–Trinajstić information content (AvgIpc) is 2.67. The highest BCUT2D eigenvalue weighted by atomic mass is 19.4. The van der Waals surface area contributed by atoms with E-state index in [9.17, 15) is 13.2 Å². The van der Waals surface area contributed by atoms with Gasteiger partial charge in [0.05, 0.1) is 25.5 Å². The summed E-state index contributed by atoms with van der Waals surface area (Å²) >= 11 is 0. The number of alkyl halides is 3. The Balaban J connectivity index is 1.89. The van der Waals surface area contributed by atoms with Crippen molar-refractivity contribution in [2.24, 2.45) is 0 Å². The Bertz CT molecular complexity index is 948. The van der Waals surface area contributed by atoms with E-state index in [1.165, 1.54) is 20.5 Å². The average molecular weight is 376 g/mol. The highest BCUT2D eigenvalue weighted by Crippen LogP contribution is 2.33. The van der Waals surface area contributed by atoms with Crippen LogP contribution in [-0.2, 0) is 6.18 Å². The van der Waals surface area contributed by atoms with Crippen molar-refractivity contribution in [3.05, 3.63) is 54.5 Å². The molecule has 3 rings (SSSR count). The first-order valence-corrected chi connectivity index (χ1v) is 7.75. The monoisotopic (exact) mass is 376 g/mol. The second kappa shape index (κ2) is 7.48. The van der Waals surface area contributed by atoms with E-state index in [2.05, 4.69) is 20.3 Å². The predicted octanol–water partition coefficient (Wildman–Crippen LogP) is 4.32. The summed E-state index contributed by atoms with van der Waals surface area (Å²) in [6.07, 6.45) is -2.06. The van der Waals surface area contributed by atoms with Gasteiger partial charge in [-0.25, -0.2) is 15.0 Å². The minimum absolute atomic E-state index is 0.0294. The number of nitrogens with one attached hydrogen (secondary N) is 1. The molecule has 0 atom stereocenters. The minimum atomic E-state index is -4.45. The number of rotatable bonds is 5. The lowest BCUT2D eigenvalue weighted by atomic mass is 10.1. The maximum absolute atomic E-state index is 12.8. The highest BCUT2D eigenvalue weighted by Gasteiger charge is 2.30. The molecular formula is C18H15F3N4O2. The van der Waals surface area contributed by atoms with Gasteiger partial charge in [-0.3, -0.25) is 0 Å². The number of halogens is 3. The van der Waals surface area contributed by atoms with Crippen molar-refractivity contribution in [2.45, 2.75) is 6.18 Å². The first kappa shape index (κ1) is 18.4. The van der Waals surface area contributed by atoms with Crippen LogP contribution in [-0.4, -0.2) is 29.2 Å². The maximum atomic E-state index is 12.8. The second-order valence-corrected chi connectivity index (χ2v) is 5.41. The first-order valence-electron chi connectivity index (χ1n) is 7.75. The lowest BCUT2D eigenvalue weighted by molar-refractivity contribution is -0.137. The first-order chi connectivity index (χ1) is 12.9. The van der Waals surface area contributed by atoms with E-state index < -0.39 is 11.7 Å². The molecule has 27 heavy (non-hydrogen) atoms. The molecule has 0 spiro atoms. The fourth-order valence-electron chi connectivity index (χ4n) is 2.39. The molecule has 6 nitrogen and oxygen atoms in total. The largest absolute Gasteiger partial charge is 0.493 e. The molecule has 0 aliphatic rings. The maximum Gasteiger partial charge on any atom is 0.416 e. The number of hydrogen-bond acceptors (Lipinski definition) is 6. The minimum Gasteiger partial charge on any atom is -0.493 e. The number of aromatic nitrogens is 3. The standard InChI is InChI=1S/C18H15F3N4O2/c1-26-14-4-3-11(7-15(14)27-2)13-9-17(24-10-23-13)25-16-8-12(5-6-22-16)18(19,20)21/h3-10H,1-2H3,(H,22,23,24,25). The molecule has 140 valence electrons. The number of methoxy groups -OCH3 is 2. The number of benzene rings is 1. The molecule has 2 heterocycles. The van der Waals surface area contributed by atoms with Gasteiger partial charge < -0.3 is 14.8 Å². The summed E-state index contributed by atoms with van der Waals surface area (Å²) in [7, 11) is 3.06. The molecule has 9 heteroatoms. The van der Waals surface area contributed by atoms with Crippen LogP contribution in [0.25, 0.3) is 11.3 Å². The van der Waals surface area contributed by atoms with Gasteiger partial charge in [0.15, 0.2) is 11.5 Å². The summed E-state index contributed by atoms with van der Waals surface area (Å²) < 4.78 is 48.9. The zero-order chi connectivity index (χ0) is 19.4. The van der Waals surface area contributed by atoms with Crippen LogP contribution >= 0.6 is 0 Å². The van der Waals surface area contributed by atoms with Gasteiger partial charge in [-0.1, -0.05) is 0 Å². The summed E-state index contributed by atoms with van der Waals surface area (Å²) in [5, 5.41) is 2.76. The molecule has 3 aromatic rings. The quantitative estimate of drug-likeness (QED) is 0.715. The lowest BCUT2D eigenvalue weighted by Crippen LogP contribution is -2.06. The van der Waals surface area contributed by atoms with Crippen molar-refractivity contribution in [3.63, 3.8) is 0 Å². The fraction of sp³-hybridized carbons (Fsp3) is 0.167. The Labute approximate surface area is 153 Å². The van der Waals surface area contributed by atoms with Gasteiger partial charge in [0.25, 0.3) is 0 Å². The molecule has 1 N–H and O–H groups in total. The van der Waals surface area contributed by atoms with E-state index in [1.807, 2.05) is 0 Å². The number of pyridine rings is 1. The molecule has 0 saturated carbocycles. The van der Waals surface area contributed by atoms with Crippen molar-refractivity contribution >= 4 is 11.6 Å². The van der Waals surface area contributed by atoms with Crippen LogP contribution in [0.5, 0.6) is 11.5 Å². The normalized spacial score (nSPS) is 11.1. The Kier molecular flexibility index (Phi) is 5.11. The van der Waals surface area contributed by atoms with E-state index in [1.54, 1.807) is 24.3 Å². The molecule has 0 unspecified atom stereocenters. The van der Waals surface area contributed by atoms with Crippen molar-refractivity contribution in [3.8, 4) is 22.8 Å². The molecule has 0 aliphatic heterocycles. The third-order valence-corrected chi connectivity index (χ3v) is 3.69. The van der Waals surface area contributed by atoms with Crippen LogP contribution in [0.15, 0.2) is 48.9 Å². The second-order valence-electron chi connectivity index (χ2n) is 5.41. The summed E-state index contributed by atoms with van der Waals surface area (Å²) in [6.45, 7) is 0. The van der Waals surface area contributed by atoms with Crippen molar-refractivity contribution < 1.29 is 22.6 Å². The van der Waals surface area contributed by atoms with Gasteiger partial charge in [-0.2, -0.15) is 13.2 Å². The Hall–Kier alpha value is -3.36. The molecule has 0 amide bonds. The Morgan fingerprint density at radius 1 is 0.852 bits per heavy atom. The van der Waals surface area contributed by atoms with E-state index >= 15 is 0 Å². The topological polar surface area (TPSA) is 69.2 Å². The number of ether oxygens (including phenoxy) is 2. The van der Waals surface area contributed by atoms with E-state index in [0.29, 0.717) is 23.0 Å². The van der Waals surface area contributed by atoms with Gasteiger partial charge in [0, 0.05) is 17.8 Å². The van der Waals surface area contributed by atoms with Gasteiger partial charge in [-0.15, -0.1) is 0 Å². The summed E-state index contributed by atoms with van der Waals surface area (Å²) in [4.78, 5) is 12.1. The molecule has 0 aliphatic carbocycles. The zero-order valence-corrected chi connectivity index (χ0v) is 14.4. The van der Waals surface area contributed by atoms with E-state index in [-0.39, 0.29) is 5.82 Å². The van der Waals surface area contributed by atoms with Crippen molar-refractivity contribution in [2.75, 3.05) is 19.5 Å². The van der Waals surface area contributed by atoms with Gasteiger partial charge in [0.1, 0.15) is 18.0 Å². The van der Waals surface area contributed by atoms with Gasteiger partial charge in [-0.05, 0) is 30.3 Å². The van der Waals surface area contributed by atoms with E-state index in [0.717, 1.165) is 23.9 Å². The lowest BCUT2D eigenvalue weighted by Gasteiger charge is -2.11. The molecule has 0 saturated heterocycles. The van der Waals surface area contributed by atoms with E-state index in [4.69, 9.17) is 9.47 Å². The molecular weight excluding hydrogens is 361 g/mol. The Morgan fingerprint density at radius 2 is 1.59 bits per heavy atom. The summed E-state index contributed by atoms with van der Waals surface area (Å²) in [6, 6.07) is 8.68. The third-order valence-electron chi connectivity index (χ3n) is 3.69. The van der Waals surface area contributed by atoms with Crippen molar-refractivity contribution in [1.29, 1.82) is 0 Å². The van der Waals surface area contributed by atoms with Gasteiger partial charge >= 0.3 is 6.18 Å². The molecule has 0 bridgehead atoms. The van der Waals surface area contributed by atoms with Crippen LogP contribution in [0.3, 0.4) is 0 Å². The van der Waals surface area contributed by atoms with Crippen LogP contribution in [0.4, 0.5) is 24.8 Å². The van der Waals surface area contributed by atoms with Crippen LogP contribution in [0.1, 0.15) is 5.56 Å². The fourth-order valence-corrected chi connectivity index (χ4v) is 2.39. The Morgan fingerprint density at radius 3 is 2.30 bits per heavy atom. The predicted molar refractivity (Wildman–Crippen MR) is 93.1 cm³/mol. The molecule has 1 aromatic carbocycles. The molecule has 0 radical (unpaired) electrons. The zero-order valence-electron chi connectivity index (χ0n) is 14.4. The van der Waals surface area contributed by atoms with Crippen molar-refractivity contribution in [1.82, 2.24) is 15.0 Å². The SMILES string of the molecule is COc1ccc(-c2cc(Nc3cc(C(F)(F)F)ccn3)ncn2)cc1OC. The molecule has 2 aromatic heterocycles. The summed E-state index contributed by atoms with van der Waals surface area (Å²) in [5.74, 6) is 1.44. The van der Waals surface area contributed by atoms with Crippen LogP contribution in [0, 0.1) is 0 Å². The highest BCUT2D eigenvalue weighted by molar-refractivity contribution is 5.67. The van der Waals surface area contributed by atoms with Crippen LogP contribution < -0.4 is 14.8 Å². The number of hydrogen-bond donors (Lipinski definition) is 1. The number of anilines is 2. The molecule has 0 fully saturated rings. The smallest absolute Gasteiger partial charge is 0.416 e. The third kappa shape index (κ3) is 4.25. The number of nitrogens with zero attached hydrogens (tertiary/aromatic N) is 3. The summed E-state index contributed by atoms with van der Waals surface area (Å²) in [5.41, 5.74) is 0.490. The van der Waals surface area contributed by atoms with Crippen LogP contribution in [0.2, 0.25) is 0 Å².